The second kappa shape index (κ2) is 16.3. The maximum Gasteiger partial charge on any atom is 0.121 e. The van der Waals surface area contributed by atoms with Gasteiger partial charge in [-0.3, -0.25) is 0 Å². The molecule has 0 aliphatic rings. The molecule has 0 unspecified atom stereocenters. The number of hydrogen-bond donors (Lipinski definition) is 0. The van der Waals surface area contributed by atoms with Crippen LogP contribution in [-0.2, 0) is 20.1 Å². The van der Waals surface area contributed by atoms with E-state index < -0.39 is 13.3 Å². The van der Waals surface area contributed by atoms with Crippen molar-refractivity contribution in [2.24, 2.45) is 0 Å². The fraction of sp³-hybridized carbons (Fsp3) is 0.0612. The summed E-state index contributed by atoms with van der Waals surface area (Å²) in [4.78, 5) is 9.30. The average Bonchev–Trinajstić information content (AvgIpc) is 3.60. The van der Waals surface area contributed by atoms with Gasteiger partial charge in [0.25, 0.3) is 0 Å². The SMILES string of the molecule is [CH3][Ge]([CH3])([CH3])[c]1ccc(-c2[c-]ccc(-c3ccccc3)c2)nc1.[Ir].[c-]1ccc2c(oc3cc(-c4ccccc4)ccc32)c1-c1cc(-c2ccccc2)ccn1. The Balaban J connectivity index is 0.000000174. The van der Waals surface area contributed by atoms with Crippen LogP contribution in [0, 0.1) is 12.1 Å². The molecule has 0 amide bonds. The summed E-state index contributed by atoms with van der Waals surface area (Å²) < 4.78 is 7.81. The molecular weight excluding hydrogens is 897 g/mol. The van der Waals surface area contributed by atoms with Crippen LogP contribution in [0.2, 0.25) is 17.3 Å². The fourth-order valence-corrected chi connectivity index (χ4v) is 8.71. The molecule has 3 aromatic heterocycles. The third kappa shape index (κ3) is 8.07. The maximum atomic E-state index is 6.37. The topological polar surface area (TPSA) is 38.9 Å². The zero-order valence-corrected chi connectivity index (χ0v) is 34.9. The first-order valence-corrected chi connectivity index (χ1v) is 25.2. The zero-order valence-electron chi connectivity index (χ0n) is 30.4. The van der Waals surface area contributed by atoms with Crippen LogP contribution >= 0.6 is 0 Å². The number of nitrogens with zero attached hydrogens (tertiary/aromatic N) is 2. The molecular formula is C49H38GeIrN2O-2. The molecule has 0 aliphatic heterocycles. The third-order valence-electron chi connectivity index (χ3n) is 9.48. The van der Waals surface area contributed by atoms with Crippen LogP contribution in [0.4, 0.5) is 0 Å². The van der Waals surface area contributed by atoms with E-state index >= 15 is 0 Å². The average molecular weight is 936 g/mol. The Kier molecular flexibility index (Phi) is 11.2. The van der Waals surface area contributed by atoms with Crippen molar-refractivity contribution >= 4 is 39.6 Å². The van der Waals surface area contributed by atoms with Crippen molar-refractivity contribution in [3.05, 3.63) is 188 Å². The second-order valence-electron chi connectivity index (χ2n) is 14.1. The Morgan fingerprint density at radius 3 is 1.72 bits per heavy atom. The quantitative estimate of drug-likeness (QED) is 0.123. The van der Waals surface area contributed by atoms with Crippen LogP contribution in [0.1, 0.15) is 0 Å². The molecule has 9 rings (SSSR count). The molecule has 0 N–H and O–H groups in total. The first-order valence-electron chi connectivity index (χ1n) is 17.9. The van der Waals surface area contributed by atoms with Crippen molar-refractivity contribution in [3.8, 4) is 55.9 Å². The predicted octanol–water partition coefficient (Wildman–Crippen LogP) is 12.5. The van der Waals surface area contributed by atoms with E-state index in [1.165, 1.54) is 21.1 Å². The van der Waals surface area contributed by atoms with Crippen LogP contribution in [0.5, 0.6) is 0 Å². The van der Waals surface area contributed by atoms with Crippen molar-refractivity contribution in [2.75, 3.05) is 0 Å². The molecule has 0 atom stereocenters. The summed E-state index contributed by atoms with van der Waals surface area (Å²) >= 11 is -1.79. The summed E-state index contributed by atoms with van der Waals surface area (Å²) in [6, 6.07) is 62.9. The van der Waals surface area contributed by atoms with Gasteiger partial charge >= 0.3 is 135 Å². The Labute approximate surface area is 333 Å². The molecule has 0 bridgehead atoms. The molecule has 54 heavy (non-hydrogen) atoms. The van der Waals surface area contributed by atoms with E-state index in [0.29, 0.717) is 0 Å². The Morgan fingerprint density at radius 2 is 1.11 bits per heavy atom. The van der Waals surface area contributed by atoms with Crippen LogP contribution in [-0.4, -0.2) is 23.2 Å². The standard InChI is InChI=1S/C29H18NO.C20H20GeN.Ir/c1-3-8-20(9-4-1)22-14-15-24-25-12-7-13-26(29(25)31-28(24)19-22)27-18-23(16-17-30-27)21-10-5-2-6-11-21;1-21(2,3)19-12-13-20(22-15-19)18-11-7-10-17(14-18)16-8-5-4-6-9-16;/h1-12,14-19H;4-10,12-15H,1-3H3;/q2*-1;. The fourth-order valence-electron chi connectivity index (χ4n) is 6.54. The Bertz CT molecular complexity index is 2630. The number of hydrogen-bond acceptors (Lipinski definition) is 3. The van der Waals surface area contributed by atoms with E-state index in [1.807, 2.05) is 54.7 Å². The number of fused-ring (bicyclic) bond motifs is 3. The van der Waals surface area contributed by atoms with Crippen LogP contribution in [0.25, 0.3) is 77.8 Å². The molecule has 0 spiro atoms. The summed E-state index contributed by atoms with van der Waals surface area (Å²) in [7, 11) is 0. The van der Waals surface area contributed by atoms with E-state index in [-0.39, 0.29) is 20.1 Å². The van der Waals surface area contributed by atoms with Crippen molar-refractivity contribution in [1.29, 1.82) is 0 Å². The van der Waals surface area contributed by atoms with Gasteiger partial charge in [-0.05, 0) is 40.1 Å². The van der Waals surface area contributed by atoms with E-state index in [0.717, 1.165) is 61.1 Å². The summed E-state index contributed by atoms with van der Waals surface area (Å²) in [5.74, 6) is 7.16. The van der Waals surface area contributed by atoms with Gasteiger partial charge in [0.2, 0.25) is 0 Å². The Hall–Kier alpha value is -5.39. The zero-order chi connectivity index (χ0) is 36.2. The molecule has 0 fully saturated rings. The molecule has 5 heteroatoms. The third-order valence-corrected chi connectivity index (χ3v) is 13.7. The first-order chi connectivity index (χ1) is 25.9. The van der Waals surface area contributed by atoms with Gasteiger partial charge in [-0.25, -0.2) is 0 Å². The largest absolute Gasteiger partial charge is 0.501 e. The number of benzene rings is 6. The van der Waals surface area contributed by atoms with Crippen LogP contribution in [0.15, 0.2) is 181 Å². The molecule has 265 valence electrons. The number of pyridine rings is 2. The van der Waals surface area contributed by atoms with Gasteiger partial charge in [-0.15, -0.1) is 18.2 Å². The second-order valence-corrected chi connectivity index (χ2v) is 24.8. The molecule has 9 aromatic rings. The summed E-state index contributed by atoms with van der Waals surface area (Å²) in [5.41, 5.74) is 12.5. The first kappa shape index (κ1) is 36.9. The van der Waals surface area contributed by atoms with E-state index in [1.54, 1.807) is 0 Å². The number of aromatic nitrogens is 2. The van der Waals surface area contributed by atoms with E-state index in [9.17, 15) is 0 Å². The smallest absolute Gasteiger partial charge is 0.121 e. The van der Waals surface area contributed by atoms with E-state index in [4.69, 9.17) is 4.42 Å². The summed E-state index contributed by atoms with van der Waals surface area (Å²) in [6.07, 6.45) is 3.90. The van der Waals surface area contributed by atoms with Gasteiger partial charge in [-0.2, -0.15) is 0 Å². The van der Waals surface area contributed by atoms with E-state index in [2.05, 4.69) is 161 Å². The number of furan rings is 1. The van der Waals surface area contributed by atoms with Gasteiger partial charge in [0, 0.05) is 31.7 Å². The van der Waals surface area contributed by atoms with Gasteiger partial charge in [0.15, 0.2) is 0 Å². The molecule has 1 radical (unpaired) electrons. The minimum atomic E-state index is -1.79. The van der Waals surface area contributed by atoms with Gasteiger partial charge < -0.3 is 9.40 Å². The van der Waals surface area contributed by atoms with Crippen molar-refractivity contribution in [2.45, 2.75) is 17.3 Å². The molecule has 0 saturated carbocycles. The van der Waals surface area contributed by atoms with Gasteiger partial charge in [0.1, 0.15) is 5.58 Å². The van der Waals surface area contributed by atoms with Crippen LogP contribution < -0.4 is 4.40 Å². The molecule has 0 aliphatic carbocycles. The monoisotopic (exact) mass is 937 g/mol. The molecule has 3 heterocycles. The van der Waals surface area contributed by atoms with Crippen molar-refractivity contribution < 1.29 is 24.5 Å². The maximum absolute atomic E-state index is 6.37. The van der Waals surface area contributed by atoms with Crippen molar-refractivity contribution in [3.63, 3.8) is 0 Å². The van der Waals surface area contributed by atoms with Gasteiger partial charge in [-0.1, -0.05) is 89.8 Å². The normalized spacial score (nSPS) is 11.1. The predicted molar refractivity (Wildman–Crippen MR) is 224 cm³/mol. The Morgan fingerprint density at radius 1 is 0.500 bits per heavy atom. The molecule has 6 aromatic carbocycles. The molecule has 3 nitrogen and oxygen atoms in total. The van der Waals surface area contributed by atoms with Gasteiger partial charge in [0.05, 0.1) is 5.58 Å². The summed E-state index contributed by atoms with van der Waals surface area (Å²) in [5, 5.41) is 2.18. The minimum absolute atomic E-state index is 0. The van der Waals surface area contributed by atoms with Crippen molar-refractivity contribution in [1.82, 2.24) is 9.97 Å². The molecule has 0 saturated heterocycles. The van der Waals surface area contributed by atoms with Crippen LogP contribution in [0.3, 0.4) is 0 Å². The summed E-state index contributed by atoms with van der Waals surface area (Å²) in [6.45, 7) is 0. The minimum Gasteiger partial charge on any atom is -0.501 e. The number of rotatable bonds is 6.